The van der Waals surface area contributed by atoms with E-state index < -0.39 is 24.0 Å². The molecule has 9 nitrogen and oxygen atoms in total. The zero-order valence-electron chi connectivity index (χ0n) is 15.6. The second kappa shape index (κ2) is 8.84. The van der Waals surface area contributed by atoms with Crippen molar-refractivity contribution in [2.75, 3.05) is 7.11 Å². The summed E-state index contributed by atoms with van der Waals surface area (Å²) in [5.74, 6) is -1.38. The molecule has 0 radical (unpaired) electrons. The first-order valence-electron chi connectivity index (χ1n) is 8.33. The molecule has 2 rings (SSSR count). The Morgan fingerprint density at radius 3 is 2.37 bits per heavy atom. The number of methoxy groups -OCH3 is 1. The Labute approximate surface area is 156 Å². The summed E-state index contributed by atoms with van der Waals surface area (Å²) in [4.78, 5) is 35.9. The van der Waals surface area contributed by atoms with Crippen molar-refractivity contribution in [1.29, 1.82) is 0 Å². The number of ether oxygens (including phenoxy) is 2. The van der Waals surface area contributed by atoms with Crippen molar-refractivity contribution < 1.29 is 23.9 Å². The molecule has 1 heterocycles. The molecule has 144 valence electrons. The smallest absolute Gasteiger partial charge is 0.363 e. The highest BCUT2D eigenvalue weighted by Gasteiger charge is 2.25. The van der Waals surface area contributed by atoms with Gasteiger partial charge in [-0.3, -0.25) is 10.1 Å². The van der Waals surface area contributed by atoms with Gasteiger partial charge in [0.05, 0.1) is 19.0 Å². The molecule has 0 spiro atoms. The largest absolute Gasteiger partial charge is 0.493 e. The first-order chi connectivity index (χ1) is 12.8. The standard InChI is InChI=1S/C18H22N4O5/c1-11(2)19-18(25)20-16(23)12(3)27-17(24)15-14(26-4)10-22(21-15)13-8-6-5-7-9-13/h5-12H,1-4H3,(H2,19,20,23,25)/t12-/m1/s1. The fraction of sp³-hybridized carbons (Fsp3) is 0.333. The number of aromatic nitrogens is 2. The van der Waals surface area contributed by atoms with Crippen LogP contribution in [-0.4, -0.2) is 46.9 Å². The molecule has 9 heteroatoms. The average Bonchev–Trinajstić information content (AvgIpc) is 3.06. The van der Waals surface area contributed by atoms with Gasteiger partial charge in [0.25, 0.3) is 5.91 Å². The predicted molar refractivity (Wildman–Crippen MR) is 96.8 cm³/mol. The first-order valence-corrected chi connectivity index (χ1v) is 8.33. The topological polar surface area (TPSA) is 112 Å². The van der Waals surface area contributed by atoms with Crippen LogP contribution in [0.2, 0.25) is 0 Å². The second-order valence-electron chi connectivity index (χ2n) is 5.99. The van der Waals surface area contributed by atoms with Gasteiger partial charge in [-0.1, -0.05) is 18.2 Å². The molecule has 2 N–H and O–H groups in total. The molecule has 0 bridgehead atoms. The number of rotatable bonds is 6. The highest BCUT2D eigenvalue weighted by molar-refractivity contribution is 5.98. The number of benzene rings is 1. The minimum absolute atomic E-state index is 0.0763. The van der Waals surface area contributed by atoms with Crippen LogP contribution in [-0.2, 0) is 9.53 Å². The number of hydrogen-bond donors (Lipinski definition) is 2. The Balaban J connectivity index is 2.08. The lowest BCUT2D eigenvalue weighted by Crippen LogP contribution is -2.46. The average molecular weight is 374 g/mol. The van der Waals surface area contributed by atoms with E-state index in [1.807, 2.05) is 30.3 Å². The fourth-order valence-electron chi connectivity index (χ4n) is 2.14. The number of hydrogen-bond acceptors (Lipinski definition) is 6. The van der Waals surface area contributed by atoms with Crippen molar-refractivity contribution in [3.63, 3.8) is 0 Å². The minimum Gasteiger partial charge on any atom is -0.493 e. The van der Waals surface area contributed by atoms with Crippen molar-refractivity contribution in [2.45, 2.75) is 32.9 Å². The molecule has 1 aromatic carbocycles. The maximum Gasteiger partial charge on any atom is 0.363 e. The first kappa shape index (κ1) is 20.0. The Hall–Kier alpha value is -3.36. The highest BCUT2D eigenvalue weighted by atomic mass is 16.6. The van der Waals surface area contributed by atoms with Gasteiger partial charge in [0.1, 0.15) is 0 Å². The SMILES string of the molecule is COc1cn(-c2ccccc2)nc1C(=O)O[C@H](C)C(=O)NC(=O)NC(C)C. The molecular weight excluding hydrogens is 352 g/mol. The normalized spacial score (nSPS) is 11.6. The summed E-state index contributed by atoms with van der Waals surface area (Å²) in [7, 11) is 1.40. The summed E-state index contributed by atoms with van der Waals surface area (Å²) in [5.41, 5.74) is 0.652. The molecule has 3 amide bonds. The molecule has 2 aromatic rings. The Morgan fingerprint density at radius 1 is 1.11 bits per heavy atom. The van der Waals surface area contributed by atoms with Crippen molar-refractivity contribution in [2.24, 2.45) is 0 Å². The molecule has 1 atom stereocenters. The van der Waals surface area contributed by atoms with Crippen LogP contribution in [0.5, 0.6) is 5.75 Å². The van der Waals surface area contributed by atoms with Gasteiger partial charge in [0.2, 0.25) is 5.69 Å². The number of nitrogens with one attached hydrogen (secondary N) is 2. The maximum absolute atomic E-state index is 12.4. The summed E-state index contributed by atoms with van der Waals surface area (Å²) in [6.45, 7) is 4.86. The minimum atomic E-state index is -1.19. The van der Waals surface area contributed by atoms with Crippen LogP contribution in [0.15, 0.2) is 36.5 Å². The molecule has 0 aliphatic carbocycles. The highest BCUT2D eigenvalue weighted by Crippen LogP contribution is 2.20. The van der Waals surface area contributed by atoms with E-state index in [0.29, 0.717) is 0 Å². The van der Waals surface area contributed by atoms with Gasteiger partial charge >= 0.3 is 12.0 Å². The van der Waals surface area contributed by atoms with Crippen LogP contribution in [0.1, 0.15) is 31.3 Å². The lowest BCUT2D eigenvalue weighted by Gasteiger charge is -2.14. The van der Waals surface area contributed by atoms with Gasteiger partial charge in [-0.2, -0.15) is 5.10 Å². The fourth-order valence-corrected chi connectivity index (χ4v) is 2.14. The molecule has 0 fully saturated rings. The quantitative estimate of drug-likeness (QED) is 0.744. The van der Waals surface area contributed by atoms with E-state index in [1.165, 1.54) is 24.9 Å². The second-order valence-corrected chi connectivity index (χ2v) is 5.99. The van der Waals surface area contributed by atoms with E-state index in [2.05, 4.69) is 15.7 Å². The molecule has 1 aromatic heterocycles. The number of imide groups is 1. The third kappa shape index (κ3) is 5.30. The summed E-state index contributed by atoms with van der Waals surface area (Å²) in [6, 6.07) is 8.34. The lowest BCUT2D eigenvalue weighted by atomic mass is 10.3. The monoisotopic (exact) mass is 374 g/mol. The molecule has 0 unspecified atom stereocenters. The van der Waals surface area contributed by atoms with Crippen molar-refractivity contribution in [1.82, 2.24) is 20.4 Å². The predicted octanol–water partition coefficient (Wildman–Crippen LogP) is 1.66. The molecule has 0 aliphatic heterocycles. The third-order valence-electron chi connectivity index (χ3n) is 3.42. The molecule has 27 heavy (non-hydrogen) atoms. The van der Waals surface area contributed by atoms with Crippen LogP contribution in [0, 0.1) is 0 Å². The van der Waals surface area contributed by atoms with Gasteiger partial charge < -0.3 is 14.8 Å². The summed E-state index contributed by atoms with van der Waals surface area (Å²) in [5, 5.41) is 8.78. The molecule has 0 saturated carbocycles. The van der Waals surface area contributed by atoms with Crippen LogP contribution in [0.3, 0.4) is 0 Å². The Bertz CT molecular complexity index is 816. The Kier molecular flexibility index (Phi) is 6.53. The van der Waals surface area contributed by atoms with Gasteiger partial charge in [0.15, 0.2) is 11.9 Å². The number of amides is 3. The number of para-hydroxylation sites is 1. The number of esters is 1. The van der Waals surface area contributed by atoms with Crippen molar-refractivity contribution >= 4 is 17.9 Å². The van der Waals surface area contributed by atoms with E-state index in [1.54, 1.807) is 13.8 Å². The number of urea groups is 1. The number of carbonyl (C=O) groups excluding carboxylic acids is 3. The van der Waals surface area contributed by atoms with E-state index in [4.69, 9.17) is 9.47 Å². The third-order valence-corrected chi connectivity index (χ3v) is 3.42. The zero-order chi connectivity index (χ0) is 20.0. The molecule has 0 saturated heterocycles. The summed E-state index contributed by atoms with van der Waals surface area (Å²) >= 11 is 0. The van der Waals surface area contributed by atoms with Crippen LogP contribution in [0.25, 0.3) is 5.69 Å². The number of nitrogens with zero attached hydrogens (tertiary/aromatic N) is 2. The van der Waals surface area contributed by atoms with Gasteiger partial charge in [-0.15, -0.1) is 0 Å². The van der Waals surface area contributed by atoms with Crippen molar-refractivity contribution in [3.8, 4) is 11.4 Å². The van der Waals surface area contributed by atoms with Crippen LogP contribution >= 0.6 is 0 Å². The van der Waals surface area contributed by atoms with Gasteiger partial charge in [0, 0.05) is 6.04 Å². The van der Waals surface area contributed by atoms with E-state index in [0.717, 1.165) is 5.69 Å². The summed E-state index contributed by atoms with van der Waals surface area (Å²) in [6.07, 6.45) is 0.342. The summed E-state index contributed by atoms with van der Waals surface area (Å²) < 4.78 is 11.7. The van der Waals surface area contributed by atoms with E-state index >= 15 is 0 Å². The molecule has 0 aliphatic rings. The van der Waals surface area contributed by atoms with E-state index in [-0.39, 0.29) is 17.5 Å². The van der Waals surface area contributed by atoms with Gasteiger partial charge in [-0.25, -0.2) is 14.3 Å². The Morgan fingerprint density at radius 2 is 1.78 bits per heavy atom. The molecular formula is C18H22N4O5. The van der Waals surface area contributed by atoms with Gasteiger partial charge in [-0.05, 0) is 32.9 Å². The maximum atomic E-state index is 12.4. The number of carbonyl (C=O) groups is 3. The van der Waals surface area contributed by atoms with Crippen LogP contribution in [0.4, 0.5) is 4.79 Å². The van der Waals surface area contributed by atoms with E-state index in [9.17, 15) is 14.4 Å². The zero-order valence-corrected chi connectivity index (χ0v) is 15.6. The lowest BCUT2D eigenvalue weighted by molar-refractivity contribution is -0.127. The van der Waals surface area contributed by atoms with Crippen LogP contribution < -0.4 is 15.4 Å². The van der Waals surface area contributed by atoms with Crippen molar-refractivity contribution in [3.05, 3.63) is 42.2 Å².